The molecule has 1 aliphatic rings. The van der Waals surface area contributed by atoms with Crippen LogP contribution in [-0.2, 0) is 11.2 Å². The molecule has 0 aliphatic carbocycles. The third-order valence-corrected chi connectivity index (χ3v) is 6.11. The number of hydrogen-bond acceptors (Lipinski definition) is 4. The van der Waals surface area contributed by atoms with E-state index in [0.29, 0.717) is 6.42 Å². The maximum absolute atomic E-state index is 12.6. The van der Waals surface area contributed by atoms with Crippen molar-refractivity contribution in [3.8, 4) is 17.0 Å². The summed E-state index contributed by atoms with van der Waals surface area (Å²) < 4.78 is 7.35. The van der Waals surface area contributed by atoms with Gasteiger partial charge in [0, 0.05) is 42.3 Å². The molecule has 1 saturated heterocycles. The molecule has 5 nitrogen and oxygen atoms in total. The van der Waals surface area contributed by atoms with E-state index in [1.54, 1.807) is 18.4 Å². The van der Waals surface area contributed by atoms with Crippen LogP contribution >= 0.6 is 11.3 Å². The SMILES string of the molecule is COc1ccc(-c2cn3c(CCC(=O)N4CCCCCC4)csc3n2)cc1. The Labute approximate surface area is 163 Å². The molecule has 0 N–H and O–H groups in total. The summed E-state index contributed by atoms with van der Waals surface area (Å²) in [6.45, 7) is 1.84. The van der Waals surface area contributed by atoms with Crippen LogP contribution in [0.15, 0.2) is 35.8 Å². The van der Waals surface area contributed by atoms with Gasteiger partial charge in [-0.15, -0.1) is 11.3 Å². The predicted octanol–water partition coefficient (Wildman–Crippen LogP) is 4.41. The fourth-order valence-electron chi connectivity index (χ4n) is 3.62. The quantitative estimate of drug-likeness (QED) is 0.656. The molecule has 142 valence electrons. The number of rotatable bonds is 5. The van der Waals surface area contributed by atoms with Crippen LogP contribution in [0, 0.1) is 0 Å². The Hall–Kier alpha value is -2.34. The van der Waals surface area contributed by atoms with Gasteiger partial charge in [0.2, 0.25) is 5.91 Å². The molecule has 6 heteroatoms. The topological polar surface area (TPSA) is 46.8 Å². The van der Waals surface area contributed by atoms with Crippen molar-refractivity contribution >= 4 is 22.2 Å². The molecule has 2 aromatic heterocycles. The highest BCUT2D eigenvalue weighted by Gasteiger charge is 2.17. The largest absolute Gasteiger partial charge is 0.497 e. The van der Waals surface area contributed by atoms with Gasteiger partial charge in [-0.1, -0.05) is 12.8 Å². The van der Waals surface area contributed by atoms with Crippen LogP contribution in [0.5, 0.6) is 5.75 Å². The van der Waals surface area contributed by atoms with Crippen molar-refractivity contribution in [2.45, 2.75) is 38.5 Å². The van der Waals surface area contributed by atoms with E-state index in [1.807, 2.05) is 29.2 Å². The third kappa shape index (κ3) is 4.00. The second-order valence-electron chi connectivity index (χ2n) is 7.03. The number of benzene rings is 1. The molecular formula is C21H25N3O2S. The van der Waals surface area contributed by atoms with Crippen molar-refractivity contribution in [2.24, 2.45) is 0 Å². The van der Waals surface area contributed by atoms with Crippen LogP contribution in [0.4, 0.5) is 0 Å². The Morgan fingerprint density at radius 3 is 2.59 bits per heavy atom. The van der Waals surface area contributed by atoms with Gasteiger partial charge < -0.3 is 9.64 Å². The fourth-order valence-corrected chi connectivity index (χ4v) is 4.53. The predicted molar refractivity (Wildman–Crippen MR) is 108 cm³/mol. The standard InChI is InChI=1S/C21H25N3O2S/c1-26-18-9-6-16(7-10-18)19-14-24-17(15-27-21(24)22-19)8-11-20(25)23-12-4-2-3-5-13-23/h6-7,9-10,14-15H,2-5,8,11-13H2,1H3. The van der Waals surface area contributed by atoms with Gasteiger partial charge in [-0.25, -0.2) is 4.98 Å². The summed E-state index contributed by atoms with van der Waals surface area (Å²) >= 11 is 1.63. The Morgan fingerprint density at radius 1 is 1.15 bits per heavy atom. The Balaban J connectivity index is 1.46. The van der Waals surface area contributed by atoms with Crippen molar-refractivity contribution in [3.63, 3.8) is 0 Å². The van der Waals surface area contributed by atoms with Gasteiger partial charge >= 0.3 is 0 Å². The zero-order valence-corrected chi connectivity index (χ0v) is 16.5. The molecule has 0 spiro atoms. The molecule has 1 aliphatic heterocycles. The van der Waals surface area contributed by atoms with Gasteiger partial charge in [0.05, 0.1) is 12.8 Å². The number of carbonyl (C=O) groups is 1. The summed E-state index contributed by atoms with van der Waals surface area (Å²) in [6, 6.07) is 7.94. The zero-order chi connectivity index (χ0) is 18.6. The molecule has 0 saturated carbocycles. The van der Waals surface area contributed by atoms with Crippen LogP contribution in [0.3, 0.4) is 0 Å². The lowest BCUT2D eigenvalue weighted by molar-refractivity contribution is -0.131. The first-order valence-corrected chi connectivity index (χ1v) is 10.5. The smallest absolute Gasteiger partial charge is 0.222 e. The molecular weight excluding hydrogens is 358 g/mol. The monoisotopic (exact) mass is 383 g/mol. The number of aryl methyl sites for hydroxylation is 1. The zero-order valence-electron chi connectivity index (χ0n) is 15.7. The Kier molecular flexibility index (Phi) is 5.43. The lowest BCUT2D eigenvalue weighted by Gasteiger charge is -2.20. The van der Waals surface area contributed by atoms with Crippen LogP contribution in [-0.4, -0.2) is 40.4 Å². The van der Waals surface area contributed by atoms with Gasteiger partial charge in [-0.3, -0.25) is 9.20 Å². The Morgan fingerprint density at radius 2 is 1.89 bits per heavy atom. The molecule has 27 heavy (non-hydrogen) atoms. The highest BCUT2D eigenvalue weighted by molar-refractivity contribution is 7.15. The van der Waals surface area contributed by atoms with E-state index < -0.39 is 0 Å². The number of carbonyl (C=O) groups excluding carboxylic acids is 1. The van der Waals surface area contributed by atoms with Crippen molar-refractivity contribution in [3.05, 3.63) is 41.5 Å². The molecule has 1 amide bonds. The first-order chi connectivity index (χ1) is 13.2. The number of likely N-dealkylation sites (tertiary alicyclic amines) is 1. The number of ether oxygens (including phenoxy) is 1. The molecule has 3 aromatic rings. The summed E-state index contributed by atoms with van der Waals surface area (Å²) in [7, 11) is 1.67. The molecule has 0 bridgehead atoms. The Bertz CT molecular complexity index is 905. The maximum atomic E-state index is 12.6. The second kappa shape index (κ2) is 8.13. The average molecular weight is 384 g/mol. The second-order valence-corrected chi connectivity index (χ2v) is 7.87. The number of nitrogens with zero attached hydrogens (tertiary/aromatic N) is 3. The first-order valence-electron chi connectivity index (χ1n) is 9.62. The van der Waals surface area contributed by atoms with Crippen LogP contribution in [0.2, 0.25) is 0 Å². The van der Waals surface area contributed by atoms with Crippen LogP contribution in [0.1, 0.15) is 37.8 Å². The molecule has 0 radical (unpaired) electrons. The normalized spacial score (nSPS) is 15.1. The van der Waals surface area contributed by atoms with Gasteiger partial charge in [-0.05, 0) is 43.5 Å². The molecule has 1 fully saturated rings. The van der Waals surface area contributed by atoms with Gasteiger partial charge in [-0.2, -0.15) is 0 Å². The van der Waals surface area contributed by atoms with Gasteiger partial charge in [0.25, 0.3) is 0 Å². The van der Waals surface area contributed by atoms with E-state index >= 15 is 0 Å². The number of aromatic nitrogens is 2. The van der Waals surface area contributed by atoms with Gasteiger partial charge in [0.1, 0.15) is 5.75 Å². The van der Waals surface area contributed by atoms with E-state index in [0.717, 1.165) is 60.0 Å². The number of methoxy groups -OCH3 is 1. The summed E-state index contributed by atoms with van der Waals surface area (Å²) in [5.74, 6) is 1.12. The first kappa shape index (κ1) is 18.0. The minimum atomic E-state index is 0.284. The van der Waals surface area contributed by atoms with E-state index in [2.05, 4.69) is 16.0 Å². The number of imidazole rings is 1. The maximum Gasteiger partial charge on any atom is 0.222 e. The molecule has 4 rings (SSSR count). The van der Waals surface area contributed by atoms with Crippen molar-refractivity contribution < 1.29 is 9.53 Å². The summed E-state index contributed by atoms with van der Waals surface area (Å²) in [5, 5.41) is 2.12. The minimum absolute atomic E-state index is 0.284. The molecule has 3 heterocycles. The highest BCUT2D eigenvalue weighted by atomic mass is 32.1. The lowest BCUT2D eigenvalue weighted by atomic mass is 10.1. The van der Waals surface area contributed by atoms with Gasteiger partial charge in [0.15, 0.2) is 4.96 Å². The van der Waals surface area contributed by atoms with Crippen molar-refractivity contribution in [1.82, 2.24) is 14.3 Å². The number of hydrogen-bond donors (Lipinski definition) is 0. The molecule has 1 aromatic carbocycles. The van der Waals surface area contributed by atoms with E-state index in [1.165, 1.54) is 12.8 Å². The summed E-state index contributed by atoms with van der Waals surface area (Å²) in [5.41, 5.74) is 3.17. The summed E-state index contributed by atoms with van der Waals surface area (Å²) in [4.78, 5) is 20.3. The lowest BCUT2D eigenvalue weighted by Crippen LogP contribution is -2.32. The summed E-state index contributed by atoms with van der Waals surface area (Å²) in [6.07, 6.45) is 8.17. The van der Waals surface area contributed by atoms with Crippen molar-refractivity contribution in [1.29, 1.82) is 0 Å². The fraction of sp³-hybridized carbons (Fsp3) is 0.429. The number of fused-ring (bicyclic) bond motifs is 1. The van der Waals surface area contributed by atoms with E-state index in [9.17, 15) is 4.79 Å². The minimum Gasteiger partial charge on any atom is -0.497 e. The average Bonchev–Trinajstić information content (AvgIpc) is 3.16. The third-order valence-electron chi connectivity index (χ3n) is 5.22. The van der Waals surface area contributed by atoms with E-state index in [4.69, 9.17) is 9.72 Å². The van der Waals surface area contributed by atoms with Crippen LogP contribution in [0.25, 0.3) is 16.2 Å². The molecule has 0 unspecified atom stereocenters. The number of amides is 1. The van der Waals surface area contributed by atoms with Crippen molar-refractivity contribution in [2.75, 3.05) is 20.2 Å². The van der Waals surface area contributed by atoms with Crippen LogP contribution < -0.4 is 4.74 Å². The molecule has 0 atom stereocenters. The number of thiazole rings is 1. The van der Waals surface area contributed by atoms with E-state index in [-0.39, 0.29) is 5.91 Å². The highest BCUT2D eigenvalue weighted by Crippen LogP contribution is 2.26.